The van der Waals surface area contributed by atoms with Crippen molar-refractivity contribution in [1.29, 1.82) is 0 Å². The number of anilines is 1. The highest BCUT2D eigenvalue weighted by molar-refractivity contribution is 6.31. The van der Waals surface area contributed by atoms with Crippen molar-refractivity contribution in [3.05, 3.63) is 34.6 Å². The number of halogens is 2. The largest absolute Gasteiger partial charge is 0.308 e. The number of benzene rings is 1. The monoisotopic (exact) mass is 225 g/mol. The standard InChI is InChI=1S/C10H9ClFN3/c1-5-4-6-2-3-7(11)8(12)9(6)14-10(5)15-13/h2-4H,13H2,1H3,(H,14,15). The Morgan fingerprint density at radius 1 is 1.47 bits per heavy atom. The van der Waals surface area contributed by atoms with Gasteiger partial charge in [0, 0.05) is 5.39 Å². The smallest absolute Gasteiger partial charge is 0.168 e. The molecule has 0 amide bonds. The van der Waals surface area contributed by atoms with E-state index in [0.29, 0.717) is 11.2 Å². The summed E-state index contributed by atoms with van der Waals surface area (Å²) in [4.78, 5) is 4.06. The number of fused-ring (bicyclic) bond motifs is 1. The van der Waals surface area contributed by atoms with Gasteiger partial charge in [-0.05, 0) is 24.6 Å². The minimum Gasteiger partial charge on any atom is -0.308 e. The number of nitrogens with two attached hydrogens (primary N) is 1. The van der Waals surface area contributed by atoms with Gasteiger partial charge in [0.2, 0.25) is 0 Å². The number of hydrogen-bond acceptors (Lipinski definition) is 3. The molecule has 0 aliphatic rings. The highest BCUT2D eigenvalue weighted by Gasteiger charge is 2.09. The Labute approximate surface area is 91.0 Å². The number of pyridine rings is 1. The maximum Gasteiger partial charge on any atom is 0.168 e. The molecule has 0 saturated heterocycles. The van der Waals surface area contributed by atoms with Crippen LogP contribution in [0.4, 0.5) is 10.2 Å². The summed E-state index contributed by atoms with van der Waals surface area (Å²) in [5.41, 5.74) is 3.49. The molecule has 0 aliphatic carbocycles. The van der Waals surface area contributed by atoms with Gasteiger partial charge in [-0.15, -0.1) is 0 Å². The fraction of sp³-hybridized carbons (Fsp3) is 0.100. The van der Waals surface area contributed by atoms with Gasteiger partial charge >= 0.3 is 0 Å². The Balaban J connectivity index is 2.82. The van der Waals surface area contributed by atoms with Crippen LogP contribution >= 0.6 is 11.6 Å². The van der Waals surface area contributed by atoms with Crippen molar-refractivity contribution < 1.29 is 4.39 Å². The Morgan fingerprint density at radius 2 is 2.20 bits per heavy atom. The highest BCUT2D eigenvalue weighted by Crippen LogP contribution is 2.25. The number of hydrogen-bond donors (Lipinski definition) is 2. The average molecular weight is 226 g/mol. The van der Waals surface area contributed by atoms with Crippen LogP contribution in [0, 0.1) is 12.7 Å². The Kier molecular flexibility index (Phi) is 2.46. The van der Waals surface area contributed by atoms with Crippen LogP contribution in [0.3, 0.4) is 0 Å². The van der Waals surface area contributed by atoms with Crippen LogP contribution in [0.5, 0.6) is 0 Å². The molecule has 2 aromatic rings. The lowest BCUT2D eigenvalue weighted by molar-refractivity contribution is 0.637. The fourth-order valence-electron chi connectivity index (χ4n) is 1.43. The molecular formula is C10H9ClFN3. The van der Waals surface area contributed by atoms with Gasteiger partial charge in [0.05, 0.1) is 5.02 Å². The van der Waals surface area contributed by atoms with Crippen molar-refractivity contribution in [2.45, 2.75) is 6.92 Å². The summed E-state index contributed by atoms with van der Waals surface area (Å²) in [5.74, 6) is 5.19. The number of nitrogen functional groups attached to an aromatic ring is 1. The Bertz CT molecular complexity index is 528. The van der Waals surface area contributed by atoms with E-state index in [1.54, 1.807) is 12.1 Å². The minimum absolute atomic E-state index is 0.0572. The molecule has 0 aliphatic heterocycles. The summed E-state index contributed by atoms with van der Waals surface area (Å²) >= 11 is 5.66. The number of aryl methyl sites for hydroxylation is 1. The molecule has 3 nitrogen and oxygen atoms in total. The second kappa shape index (κ2) is 3.64. The average Bonchev–Trinajstić information content (AvgIpc) is 2.23. The topological polar surface area (TPSA) is 50.9 Å². The lowest BCUT2D eigenvalue weighted by atomic mass is 10.1. The quantitative estimate of drug-likeness (QED) is 0.580. The molecule has 1 heterocycles. The predicted octanol–water partition coefficient (Wildman–Crippen LogP) is 2.62. The van der Waals surface area contributed by atoms with Crippen molar-refractivity contribution >= 4 is 28.3 Å². The maximum atomic E-state index is 13.6. The maximum absolute atomic E-state index is 13.6. The SMILES string of the molecule is Cc1cc2ccc(Cl)c(F)c2nc1NN. The summed E-state index contributed by atoms with van der Waals surface area (Å²) in [7, 11) is 0. The first-order chi connectivity index (χ1) is 7.13. The second-order valence-corrected chi connectivity index (χ2v) is 3.64. The second-order valence-electron chi connectivity index (χ2n) is 3.23. The normalized spacial score (nSPS) is 10.7. The molecule has 15 heavy (non-hydrogen) atoms. The molecule has 0 bridgehead atoms. The van der Waals surface area contributed by atoms with Crippen molar-refractivity contribution in [2.75, 3.05) is 5.43 Å². The molecule has 0 atom stereocenters. The van der Waals surface area contributed by atoms with Gasteiger partial charge in [-0.25, -0.2) is 15.2 Å². The third kappa shape index (κ3) is 1.62. The van der Waals surface area contributed by atoms with E-state index in [2.05, 4.69) is 10.4 Å². The molecule has 0 unspecified atom stereocenters. The van der Waals surface area contributed by atoms with Crippen LogP contribution in [0.1, 0.15) is 5.56 Å². The number of hydrazine groups is 1. The van der Waals surface area contributed by atoms with Crippen molar-refractivity contribution in [3.63, 3.8) is 0 Å². The van der Waals surface area contributed by atoms with E-state index in [1.807, 2.05) is 6.92 Å². The summed E-state index contributed by atoms with van der Waals surface area (Å²) in [5, 5.41) is 0.759. The number of nitrogens with one attached hydrogen (secondary N) is 1. The third-order valence-electron chi connectivity index (χ3n) is 2.21. The predicted molar refractivity (Wildman–Crippen MR) is 59.3 cm³/mol. The molecule has 5 heteroatoms. The molecule has 2 rings (SSSR count). The number of rotatable bonds is 1. The molecule has 1 aromatic heterocycles. The molecule has 0 saturated carbocycles. The summed E-state index contributed by atoms with van der Waals surface area (Å²) in [6.45, 7) is 1.84. The zero-order valence-electron chi connectivity index (χ0n) is 8.01. The van der Waals surface area contributed by atoms with E-state index in [4.69, 9.17) is 17.4 Å². The van der Waals surface area contributed by atoms with Gasteiger partial charge in [-0.2, -0.15) is 0 Å². The van der Waals surface area contributed by atoms with E-state index in [1.165, 1.54) is 6.07 Å². The zero-order chi connectivity index (χ0) is 11.0. The van der Waals surface area contributed by atoms with Crippen molar-refractivity contribution in [3.8, 4) is 0 Å². The van der Waals surface area contributed by atoms with Gasteiger partial charge in [0.15, 0.2) is 5.82 Å². The number of aromatic nitrogens is 1. The minimum atomic E-state index is -0.523. The van der Waals surface area contributed by atoms with E-state index < -0.39 is 5.82 Å². The summed E-state index contributed by atoms with van der Waals surface area (Å²) in [6.07, 6.45) is 0. The van der Waals surface area contributed by atoms with Crippen LogP contribution < -0.4 is 11.3 Å². The summed E-state index contributed by atoms with van der Waals surface area (Å²) < 4.78 is 13.6. The Morgan fingerprint density at radius 3 is 2.87 bits per heavy atom. The molecule has 78 valence electrons. The molecule has 0 radical (unpaired) electrons. The van der Waals surface area contributed by atoms with Crippen molar-refractivity contribution in [2.24, 2.45) is 5.84 Å². The summed E-state index contributed by atoms with van der Waals surface area (Å²) in [6, 6.07) is 5.04. The van der Waals surface area contributed by atoms with Gasteiger partial charge in [-0.3, -0.25) is 0 Å². The fourth-order valence-corrected chi connectivity index (χ4v) is 1.59. The van der Waals surface area contributed by atoms with Crippen LogP contribution in [0.15, 0.2) is 18.2 Å². The zero-order valence-corrected chi connectivity index (χ0v) is 8.77. The van der Waals surface area contributed by atoms with Gasteiger partial charge < -0.3 is 5.43 Å². The highest BCUT2D eigenvalue weighted by atomic mass is 35.5. The van der Waals surface area contributed by atoms with Crippen LogP contribution in [0.2, 0.25) is 5.02 Å². The first kappa shape index (κ1) is 10.1. The first-order valence-electron chi connectivity index (χ1n) is 4.35. The van der Waals surface area contributed by atoms with Gasteiger partial charge in [-0.1, -0.05) is 17.7 Å². The lowest BCUT2D eigenvalue weighted by Crippen LogP contribution is -2.10. The van der Waals surface area contributed by atoms with Crippen molar-refractivity contribution in [1.82, 2.24) is 4.98 Å². The van der Waals surface area contributed by atoms with E-state index >= 15 is 0 Å². The molecule has 0 spiro atoms. The lowest BCUT2D eigenvalue weighted by Gasteiger charge is -2.07. The van der Waals surface area contributed by atoms with E-state index in [0.717, 1.165) is 5.56 Å². The van der Waals surface area contributed by atoms with Crippen LogP contribution in [-0.4, -0.2) is 4.98 Å². The molecule has 3 N–H and O–H groups in total. The van der Waals surface area contributed by atoms with Crippen LogP contribution in [-0.2, 0) is 0 Å². The number of nitrogens with zero attached hydrogens (tertiary/aromatic N) is 1. The van der Waals surface area contributed by atoms with E-state index in [9.17, 15) is 4.39 Å². The molecule has 1 aromatic carbocycles. The van der Waals surface area contributed by atoms with Gasteiger partial charge in [0.25, 0.3) is 0 Å². The first-order valence-corrected chi connectivity index (χ1v) is 4.73. The van der Waals surface area contributed by atoms with E-state index in [-0.39, 0.29) is 10.5 Å². The Hall–Kier alpha value is -1.39. The third-order valence-corrected chi connectivity index (χ3v) is 2.50. The molecular weight excluding hydrogens is 217 g/mol. The van der Waals surface area contributed by atoms with Crippen LogP contribution in [0.25, 0.3) is 10.9 Å². The molecule has 0 fully saturated rings. The van der Waals surface area contributed by atoms with Gasteiger partial charge in [0.1, 0.15) is 11.3 Å².